The minimum absolute atomic E-state index is 0.446. The third kappa shape index (κ3) is 2.18. The van der Waals surface area contributed by atoms with Gasteiger partial charge in [-0.3, -0.25) is 0 Å². The van der Waals surface area contributed by atoms with Crippen molar-refractivity contribution in [2.75, 3.05) is 0 Å². The first kappa shape index (κ1) is 11.7. The van der Waals surface area contributed by atoms with Crippen molar-refractivity contribution < 1.29 is 0 Å². The summed E-state index contributed by atoms with van der Waals surface area (Å²) in [7, 11) is 0. The summed E-state index contributed by atoms with van der Waals surface area (Å²) in [6.45, 7) is 5.41. The molecule has 2 nitrogen and oxygen atoms in total. The second-order valence-corrected chi connectivity index (χ2v) is 4.90. The van der Waals surface area contributed by atoms with Crippen LogP contribution in [-0.2, 0) is 6.54 Å². The Morgan fingerprint density at radius 1 is 1.44 bits per heavy atom. The zero-order valence-electron chi connectivity index (χ0n) is 9.37. The minimum atomic E-state index is 0.446. The first-order chi connectivity index (χ1) is 7.61. The van der Waals surface area contributed by atoms with Gasteiger partial charge in [0.05, 0.1) is 5.52 Å². The first-order valence-electron chi connectivity index (χ1n) is 5.42. The van der Waals surface area contributed by atoms with Crippen LogP contribution in [0.2, 0.25) is 10.3 Å². The van der Waals surface area contributed by atoms with Gasteiger partial charge in [-0.25, -0.2) is 4.98 Å². The van der Waals surface area contributed by atoms with Crippen molar-refractivity contribution in [3.05, 3.63) is 28.6 Å². The molecule has 0 amide bonds. The summed E-state index contributed by atoms with van der Waals surface area (Å²) in [6.07, 6.45) is 3.20. The zero-order valence-corrected chi connectivity index (χ0v) is 10.9. The number of hydrogen-bond donors (Lipinski definition) is 0. The number of halogens is 2. The molecule has 0 bridgehead atoms. The van der Waals surface area contributed by atoms with Crippen LogP contribution in [0.5, 0.6) is 0 Å². The van der Waals surface area contributed by atoms with Gasteiger partial charge in [0, 0.05) is 18.1 Å². The predicted molar refractivity (Wildman–Crippen MR) is 69.2 cm³/mol. The fourth-order valence-corrected chi connectivity index (χ4v) is 2.23. The molecule has 0 saturated heterocycles. The zero-order chi connectivity index (χ0) is 11.7. The van der Waals surface area contributed by atoms with Crippen molar-refractivity contribution in [2.24, 2.45) is 5.92 Å². The summed E-state index contributed by atoms with van der Waals surface area (Å²) in [6, 6.07) is 3.86. The highest BCUT2D eigenvalue weighted by Gasteiger charge is 2.09. The molecule has 1 unspecified atom stereocenters. The fraction of sp³-hybridized carbons (Fsp3) is 0.417. The second kappa shape index (κ2) is 4.64. The summed E-state index contributed by atoms with van der Waals surface area (Å²) >= 11 is 12.0. The van der Waals surface area contributed by atoms with Gasteiger partial charge in [-0.05, 0) is 18.1 Å². The van der Waals surface area contributed by atoms with Gasteiger partial charge in [0.1, 0.15) is 10.3 Å². The molecule has 0 fully saturated rings. The van der Waals surface area contributed by atoms with Crippen LogP contribution in [0.1, 0.15) is 20.3 Å². The Morgan fingerprint density at radius 2 is 2.19 bits per heavy atom. The van der Waals surface area contributed by atoms with E-state index in [0.717, 1.165) is 23.9 Å². The quantitative estimate of drug-likeness (QED) is 0.745. The summed E-state index contributed by atoms with van der Waals surface area (Å²) in [5, 5.41) is 1.89. The average molecular weight is 257 g/mol. The maximum absolute atomic E-state index is 6.04. The third-order valence-electron chi connectivity index (χ3n) is 2.89. The number of aromatic nitrogens is 2. The monoisotopic (exact) mass is 256 g/mol. The number of nitrogens with zero attached hydrogens (tertiary/aromatic N) is 2. The molecule has 1 atom stereocenters. The Balaban J connectivity index is 2.47. The van der Waals surface area contributed by atoms with E-state index in [0.29, 0.717) is 16.2 Å². The highest BCUT2D eigenvalue weighted by atomic mass is 35.5. The normalized spacial score (nSPS) is 13.2. The van der Waals surface area contributed by atoms with Crippen molar-refractivity contribution in [2.45, 2.75) is 26.8 Å². The Bertz CT molecular complexity index is 505. The lowest BCUT2D eigenvalue weighted by molar-refractivity contribution is 0.477. The van der Waals surface area contributed by atoms with Crippen LogP contribution in [0.25, 0.3) is 10.9 Å². The largest absolute Gasteiger partial charge is 0.347 e. The van der Waals surface area contributed by atoms with E-state index in [9.17, 15) is 0 Å². The van der Waals surface area contributed by atoms with Gasteiger partial charge in [-0.15, -0.1) is 0 Å². The molecule has 2 aromatic rings. The number of pyridine rings is 1. The Labute approximate surface area is 105 Å². The van der Waals surface area contributed by atoms with Gasteiger partial charge >= 0.3 is 0 Å². The maximum atomic E-state index is 6.04. The van der Waals surface area contributed by atoms with Crippen molar-refractivity contribution >= 4 is 34.1 Å². The molecule has 2 heterocycles. The Morgan fingerprint density at radius 3 is 2.88 bits per heavy atom. The van der Waals surface area contributed by atoms with Gasteiger partial charge in [0.2, 0.25) is 0 Å². The molecule has 0 N–H and O–H groups in total. The van der Waals surface area contributed by atoms with E-state index in [2.05, 4.69) is 23.4 Å². The maximum Gasteiger partial charge on any atom is 0.140 e. The summed E-state index contributed by atoms with van der Waals surface area (Å²) in [5.41, 5.74) is 1.06. The molecule has 2 rings (SSSR count). The van der Waals surface area contributed by atoms with Crippen LogP contribution in [0.4, 0.5) is 0 Å². The molecule has 0 radical (unpaired) electrons. The molecule has 2 aromatic heterocycles. The third-order valence-corrected chi connectivity index (χ3v) is 3.38. The second-order valence-electron chi connectivity index (χ2n) is 4.15. The van der Waals surface area contributed by atoms with Crippen LogP contribution >= 0.6 is 23.2 Å². The highest BCUT2D eigenvalue weighted by Crippen LogP contribution is 2.26. The Kier molecular flexibility index (Phi) is 3.41. The number of rotatable bonds is 3. The predicted octanol–water partition coefficient (Wildman–Crippen LogP) is 4.39. The molecular formula is C12H14Cl2N2. The summed E-state index contributed by atoms with van der Waals surface area (Å²) in [5.74, 6) is 0.640. The van der Waals surface area contributed by atoms with Gasteiger partial charge in [-0.1, -0.05) is 43.5 Å². The first-order valence-corrected chi connectivity index (χ1v) is 6.18. The Hall–Kier alpha value is -0.730. The van der Waals surface area contributed by atoms with E-state index < -0.39 is 0 Å². The van der Waals surface area contributed by atoms with E-state index in [1.165, 1.54) is 0 Å². The summed E-state index contributed by atoms with van der Waals surface area (Å²) in [4.78, 5) is 4.03. The van der Waals surface area contributed by atoms with E-state index in [1.54, 1.807) is 0 Å². The van der Waals surface area contributed by atoms with Crippen LogP contribution < -0.4 is 0 Å². The highest BCUT2D eigenvalue weighted by molar-refractivity contribution is 6.36. The molecule has 0 aliphatic rings. The van der Waals surface area contributed by atoms with Crippen LogP contribution in [0.15, 0.2) is 18.3 Å². The molecule has 4 heteroatoms. The van der Waals surface area contributed by atoms with Gasteiger partial charge in [0.25, 0.3) is 0 Å². The number of fused-ring (bicyclic) bond motifs is 1. The van der Waals surface area contributed by atoms with Crippen LogP contribution in [-0.4, -0.2) is 9.55 Å². The summed E-state index contributed by atoms with van der Waals surface area (Å²) < 4.78 is 2.18. The molecule has 0 aliphatic carbocycles. The number of hydrogen-bond acceptors (Lipinski definition) is 1. The topological polar surface area (TPSA) is 17.8 Å². The van der Waals surface area contributed by atoms with E-state index in [4.69, 9.17) is 23.2 Å². The molecule has 0 aliphatic heterocycles. The minimum Gasteiger partial charge on any atom is -0.347 e. The van der Waals surface area contributed by atoms with E-state index in [1.807, 2.05) is 18.3 Å². The van der Waals surface area contributed by atoms with Crippen LogP contribution in [0, 0.1) is 5.92 Å². The van der Waals surface area contributed by atoms with E-state index in [-0.39, 0.29) is 0 Å². The van der Waals surface area contributed by atoms with Crippen LogP contribution in [0.3, 0.4) is 0 Å². The average Bonchev–Trinajstić information content (AvgIpc) is 2.61. The lowest BCUT2D eigenvalue weighted by Gasteiger charge is -2.11. The van der Waals surface area contributed by atoms with Gasteiger partial charge < -0.3 is 4.57 Å². The molecule has 86 valence electrons. The molecule has 16 heavy (non-hydrogen) atoms. The van der Waals surface area contributed by atoms with Crippen molar-refractivity contribution in [1.29, 1.82) is 0 Å². The molecule has 0 spiro atoms. The lowest BCUT2D eigenvalue weighted by atomic mass is 10.1. The lowest BCUT2D eigenvalue weighted by Crippen LogP contribution is -2.05. The SMILES string of the molecule is CCC(C)Cn1ccc2c(Cl)nc(Cl)cc21. The van der Waals surface area contributed by atoms with Crippen molar-refractivity contribution in [3.8, 4) is 0 Å². The smallest absolute Gasteiger partial charge is 0.140 e. The van der Waals surface area contributed by atoms with Gasteiger partial charge in [0.15, 0.2) is 0 Å². The van der Waals surface area contributed by atoms with E-state index >= 15 is 0 Å². The van der Waals surface area contributed by atoms with Crippen molar-refractivity contribution in [1.82, 2.24) is 9.55 Å². The van der Waals surface area contributed by atoms with Gasteiger partial charge in [-0.2, -0.15) is 0 Å². The van der Waals surface area contributed by atoms with Crippen molar-refractivity contribution in [3.63, 3.8) is 0 Å². The molecular weight excluding hydrogens is 243 g/mol. The molecule has 0 aromatic carbocycles. The fourth-order valence-electron chi connectivity index (χ4n) is 1.74. The standard InChI is InChI=1S/C12H14Cl2N2/c1-3-8(2)7-16-5-4-9-10(16)6-11(13)15-12(9)14/h4-6,8H,3,7H2,1-2H3. The molecule has 0 saturated carbocycles.